The largest absolute Gasteiger partial charge is 0.306 e. The summed E-state index contributed by atoms with van der Waals surface area (Å²) in [5, 5.41) is 4.26. The van der Waals surface area contributed by atoms with Crippen LogP contribution in [-0.4, -0.2) is 0 Å². The van der Waals surface area contributed by atoms with Crippen LogP contribution >= 0.6 is 23.2 Å². The Labute approximate surface area is 126 Å². The van der Waals surface area contributed by atoms with Crippen LogP contribution in [0.15, 0.2) is 36.4 Å². The summed E-state index contributed by atoms with van der Waals surface area (Å²) in [7, 11) is 0. The summed E-state index contributed by atoms with van der Waals surface area (Å²) in [5.74, 6) is -0.903. The minimum atomic E-state index is -0.462. The van der Waals surface area contributed by atoms with Crippen LogP contribution in [-0.2, 0) is 6.54 Å². The Morgan fingerprint density at radius 2 is 1.85 bits per heavy atom. The highest BCUT2D eigenvalue weighted by atomic mass is 35.5. The Morgan fingerprint density at radius 3 is 2.60 bits per heavy atom. The van der Waals surface area contributed by atoms with Crippen molar-refractivity contribution in [2.75, 3.05) is 0 Å². The summed E-state index contributed by atoms with van der Waals surface area (Å²) >= 11 is 11.9. The summed E-state index contributed by atoms with van der Waals surface area (Å²) in [6, 6.07) is 8.20. The Morgan fingerprint density at radius 1 is 1.10 bits per heavy atom. The average Bonchev–Trinajstić information content (AvgIpc) is 2.42. The van der Waals surface area contributed by atoms with Crippen molar-refractivity contribution in [2.24, 2.45) is 0 Å². The summed E-state index contributed by atoms with van der Waals surface area (Å²) in [6.45, 7) is 2.17. The molecule has 0 amide bonds. The van der Waals surface area contributed by atoms with Crippen molar-refractivity contribution in [3.05, 3.63) is 69.2 Å². The lowest BCUT2D eigenvalue weighted by Crippen LogP contribution is -2.19. The van der Waals surface area contributed by atoms with Gasteiger partial charge in [-0.3, -0.25) is 0 Å². The van der Waals surface area contributed by atoms with Crippen LogP contribution in [0.2, 0.25) is 10.0 Å². The molecule has 1 nitrogen and oxygen atoms in total. The van der Waals surface area contributed by atoms with Crippen LogP contribution in [0.4, 0.5) is 8.78 Å². The maximum absolute atomic E-state index is 13.6. The quantitative estimate of drug-likeness (QED) is 0.825. The first-order valence-electron chi connectivity index (χ1n) is 6.09. The second kappa shape index (κ2) is 6.53. The maximum Gasteiger partial charge on any atom is 0.128 e. The molecule has 0 fully saturated rings. The van der Waals surface area contributed by atoms with Gasteiger partial charge in [0.15, 0.2) is 0 Å². The molecule has 0 aromatic heterocycles. The van der Waals surface area contributed by atoms with Crippen LogP contribution in [0.3, 0.4) is 0 Å². The molecule has 0 bridgehead atoms. The van der Waals surface area contributed by atoms with Crippen molar-refractivity contribution < 1.29 is 8.78 Å². The van der Waals surface area contributed by atoms with Gasteiger partial charge in [-0.1, -0.05) is 23.2 Å². The zero-order chi connectivity index (χ0) is 14.7. The smallest absolute Gasteiger partial charge is 0.128 e. The lowest BCUT2D eigenvalue weighted by molar-refractivity contribution is 0.518. The predicted molar refractivity (Wildman–Crippen MR) is 78.1 cm³/mol. The summed E-state index contributed by atoms with van der Waals surface area (Å²) in [5.41, 5.74) is 1.09. The maximum atomic E-state index is 13.6. The van der Waals surface area contributed by atoms with Crippen LogP contribution in [0, 0.1) is 11.6 Å². The molecule has 1 atom stereocenters. The van der Waals surface area contributed by atoms with Gasteiger partial charge in [-0.2, -0.15) is 0 Å². The average molecular weight is 316 g/mol. The summed E-state index contributed by atoms with van der Waals surface area (Å²) in [6.07, 6.45) is 0. The molecule has 0 aliphatic rings. The van der Waals surface area contributed by atoms with E-state index in [1.165, 1.54) is 6.07 Å². The number of rotatable bonds is 4. The first-order valence-corrected chi connectivity index (χ1v) is 6.85. The molecule has 2 rings (SSSR count). The van der Waals surface area contributed by atoms with E-state index in [0.717, 1.165) is 17.7 Å². The molecule has 0 aliphatic heterocycles. The fourth-order valence-electron chi connectivity index (χ4n) is 1.90. The molecular weight excluding hydrogens is 303 g/mol. The Hall–Kier alpha value is -1.16. The molecule has 0 aliphatic carbocycles. The van der Waals surface area contributed by atoms with Crippen molar-refractivity contribution >= 4 is 23.2 Å². The van der Waals surface area contributed by atoms with Gasteiger partial charge in [0.2, 0.25) is 0 Å². The third-order valence-electron chi connectivity index (χ3n) is 3.03. The molecular formula is C15H13Cl2F2N. The van der Waals surface area contributed by atoms with Gasteiger partial charge in [-0.05, 0) is 48.9 Å². The standard InChI is InChI=1S/C15H13Cl2F2N/c1-9(13-7-12(18)3-5-15(13)19)20-8-10-6-11(16)2-4-14(10)17/h2-7,9,20H,8H2,1H3. The molecule has 106 valence electrons. The lowest BCUT2D eigenvalue weighted by atomic mass is 10.1. The van der Waals surface area contributed by atoms with Crippen LogP contribution < -0.4 is 5.32 Å². The second-order valence-corrected chi connectivity index (χ2v) is 5.35. The van der Waals surface area contributed by atoms with Gasteiger partial charge in [-0.15, -0.1) is 0 Å². The predicted octanol–water partition coefficient (Wildman–Crippen LogP) is 5.12. The Bertz CT molecular complexity index is 617. The summed E-state index contributed by atoms with van der Waals surface area (Å²) < 4.78 is 26.8. The number of hydrogen-bond acceptors (Lipinski definition) is 1. The van der Waals surface area contributed by atoms with Gasteiger partial charge in [0.05, 0.1) is 0 Å². The van der Waals surface area contributed by atoms with Crippen molar-refractivity contribution in [3.63, 3.8) is 0 Å². The number of benzene rings is 2. The van der Waals surface area contributed by atoms with E-state index in [1.807, 2.05) is 0 Å². The fraction of sp³-hybridized carbons (Fsp3) is 0.200. The molecule has 1 N–H and O–H groups in total. The van der Waals surface area contributed by atoms with Gasteiger partial charge < -0.3 is 5.32 Å². The molecule has 0 saturated heterocycles. The van der Waals surface area contributed by atoms with E-state index in [4.69, 9.17) is 23.2 Å². The van der Waals surface area contributed by atoms with Crippen LogP contribution in [0.5, 0.6) is 0 Å². The molecule has 20 heavy (non-hydrogen) atoms. The molecule has 0 saturated carbocycles. The minimum Gasteiger partial charge on any atom is -0.306 e. The van der Waals surface area contributed by atoms with Gasteiger partial charge in [-0.25, -0.2) is 8.78 Å². The van der Waals surface area contributed by atoms with Gasteiger partial charge >= 0.3 is 0 Å². The molecule has 2 aromatic carbocycles. The topological polar surface area (TPSA) is 12.0 Å². The van der Waals surface area contributed by atoms with Gasteiger partial charge in [0.25, 0.3) is 0 Å². The van der Waals surface area contributed by atoms with Crippen molar-refractivity contribution in [1.82, 2.24) is 5.32 Å². The molecule has 0 radical (unpaired) electrons. The number of halogens is 4. The molecule has 0 heterocycles. The highest BCUT2D eigenvalue weighted by Crippen LogP contribution is 2.22. The Balaban J connectivity index is 2.10. The van der Waals surface area contributed by atoms with Crippen LogP contribution in [0.25, 0.3) is 0 Å². The van der Waals surface area contributed by atoms with E-state index in [0.29, 0.717) is 16.6 Å². The van der Waals surface area contributed by atoms with Gasteiger partial charge in [0, 0.05) is 28.2 Å². The minimum absolute atomic E-state index is 0.281. The molecule has 1 unspecified atom stereocenters. The first kappa shape index (κ1) is 15.2. The van der Waals surface area contributed by atoms with E-state index in [1.54, 1.807) is 25.1 Å². The molecule has 0 spiro atoms. The fourth-order valence-corrected chi connectivity index (χ4v) is 2.28. The van der Waals surface area contributed by atoms with E-state index < -0.39 is 11.6 Å². The van der Waals surface area contributed by atoms with Crippen LogP contribution in [0.1, 0.15) is 24.1 Å². The van der Waals surface area contributed by atoms with E-state index in [9.17, 15) is 8.78 Å². The van der Waals surface area contributed by atoms with Gasteiger partial charge in [0.1, 0.15) is 11.6 Å². The highest BCUT2D eigenvalue weighted by Gasteiger charge is 2.12. The first-order chi connectivity index (χ1) is 9.47. The zero-order valence-electron chi connectivity index (χ0n) is 10.8. The normalized spacial score (nSPS) is 12.4. The number of nitrogens with one attached hydrogen (secondary N) is 1. The lowest BCUT2D eigenvalue weighted by Gasteiger charge is -2.16. The SMILES string of the molecule is CC(NCc1cc(Cl)ccc1Cl)c1cc(F)ccc1F. The van der Waals surface area contributed by atoms with Crippen molar-refractivity contribution in [1.29, 1.82) is 0 Å². The Kier molecular flexibility index (Phi) is 4.97. The van der Waals surface area contributed by atoms with E-state index in [-0.39, 0.29) is 11.6 Å². The summed E-state index contributed by atoms with van der Waals surface area (Å²) in [4.78, 5) is 0. The number of hydrogen-bond donors (Lipinski definition) is 1. The van der Waals surface area contributed by atoms with E-state index in [2.05, 4.69) is 5.32 Å². The zero-order valence-corrected chi connectivity index (χ0v) is 12.3. The van der Waals surface area contributed by atoms with Crippen molar-refractivity contribution in [3.8, 4) is 0 Å². The monoisotopic (exact) mass is 315 g/mol. The highest BCUT2D eigenvalue weighted by molar-refractivity contribution is 6.33. The van der Waals surface area contributed by atoms with E-state index >= 15 is 0 Å². The second-order valence-electron chi connectivity index (χ2n) is 4.50. The third kappa shape index (κ3) is 3.69. The molecule has 2 aromatic rings. The van der Waals surface area contributed by atoms with Crippen molar-refractivity contribution in [2.45, 2.75) is 19.5 Å². The third-order valence-corrected chi connectivity index (χ3v) is 3.63. The molecule has 5 heteroatoms.